The predicted octanol–water partition coefficient (Wildman–Crippen LogP) is 1.91. The van der Waals surface area contributed by atoms with Gasteiger partial charge in [0.2, 0.25) is 0 Å². The molecule has 2 aromatic heterocycles. The molecule has 0 fully saturated rings. The van der Waals surface area contributed by atoms with Gasteiger partial charge >= 0.3 is 0 Å². The summed E-state index contributed by atoms with van der Waals surface area (Å²) in [5.74, 6) is 0. The van der Waals surface area contributed by atoms with Gasteiger partial charge in [0.1, 0.15) is 0 Å². The van der Waals surface area contributed by atoms with Crippen molar-refractivity contribution in [3.63, 3.8) is 0 Å². The molecule has 0 saturated heterocycles. The summed E-state index contributed by atoms with van der Waals surface area (Å²) in [6, 6.07) is 0. The first-order valence-electron chi connectivity index (χ1n) is 5.40. The Morgan fingerprint density at radius 3 is 2.94 bits per heavy atom. The summed E-state index contributed by atoms with van der Waals surface area (Å²) in [5.41, 5.74) is 2.29. The molecule has 6 heteroatoms. The van der Waals surface area contributed by atoms with Crippen LogP contribution in [0.25, 0.3) is 10.4 Å². The number of ether oxygens (including phenoxy) is 1. The van der Waals surface area contributed by atoms with Crippen molar-refractivity contribution in [3.05, 3.63) is 18.1 Å². The van der Waals surface area contributed by atoms with Gasteiger partial charge < -0.3 is 10.1 Å². The van der Waals surface area contributed by atoms with Gasteiger partial charge in [-0.3, -0.25) is 4.68 Å². The van der Waals surface area contributed by atoms with Gasteiger partial charge in [0, 0.05) is 38.2 Å². The summed E-state index contributed by atoms with van der Waals surface area (Å²) >= 11 is 1.63. The number of nitrogens with zero attached hydrogens (tertiary/aromatic N) is 3. The molecule has 0 amide bonds. The van der Waals surface area contributed by atoms with Crippen LogP contribution in [0.4, 0.5) is 5.13 Å². The summed E-state index contributed by atoms with van der Waals surface area (Å²) in [6.45, 7) is 3.51. The van der Waals surface area contributed by atoms with Crippen LogP contribution in [0.5, 0.6) is 0 Å². The molecule has 1 N–H and O–H groups in total. The van der Waals surface area contributed by atoms with E-state index in [4.69, 9.17) is 4.74 Å². The molecule has 2 heterocycles. The van der Waals surface area contributed by atoms with E-state index in [1.807, 2.05) is 24.1 Å². The molecular formula is C11H16N4OS. The molecule has 5 nitrogen and oxygen atoms in total. The average molecular weight is 252 g/mol. The molecule has 0 bridgehead atoms. The smallest absolute Gasteiger partial charge is 0.183 e. The highest BCUT2D eigenvalue weighted by atomic mass is 32.1. The molecule has 0 unspecified atom stereocenters. The standard InChI is InChI=1S/C11H16N4OS/c1-8-9(6-14-15(8)2)10-7-13-11(17-10)12-4-5-16-3/h6-7H,4-5H2,1-3H3,(H,12,13). The molecule has 2 aromatic rings. The van der Waals surface area contributed by atoms with Crippen molar-refractivity contribution in [1.82, 2.24) is 14.8 Å². The van der Waals surface area contributed by atoms with Crippen LogP contribution >= 0.6 is 11.3 Å². The van der Waals surface area contributed by atoms with Crippen molar-refractivity contribution in [3.8, 4) is 10.4 Å². The van der Waals surface area contributed by atoms with Crippen LogP contribution in [0.2, 0.25) is 0 Å². The molecule has 2 rings (SSSR count). The van der Waals surface area contributed by atoms with Crippen molar-refractivity contribution in [2.75, 3.05) is 25.6 Å². The molecule has 92 valence electrons. The zero-order valence-corrected chi connectivity index (χ0v) is 11.0. The number of aromatic nitrogens is 3. The normalized spacial score (nSPS) is 10.8. The maximum absolute atomic E-state index is 4.98. The first-order chi connectivity index (χ1) is 8.22. The summed E-state index contributed by atoms with van der Waals surface area (Å²) in [7, 11) is 3.63. The molecule has 17 heavy (non-hydrogen) atoms. The number of rotatable bonds is 5. The minimum Gasteiger partial charge on any atom is -0.383 e. The first-order valence-corrected chi connectivity index (χ1v) is 6.21. The fraction of sp³-hybridized carbons (Fsp3) is 0.455. The van der Waals surface area contributed by atoms with Crippen molar-refractivity contribution < 1.29 is 4.74 Å². The molecule has 0 aliphatic carbocycles. The van der Waals surface area contributed by atoms with Gasteiger partial charge in [-0.25, -0.2) is 4.98 Å². The fourth-order valence-corrected chi connectivity index (χ4v) is 2.38. The minimum absolute atomic E-state index is 0.681. The monoisotopic (exact) mass is 252 g/mol. The van der Waals surface area contributed by atoms with Crippen LogP contribution in [0.15, 0.2) is 12.4 Å². The number of aryl methyl sites for hydroxylation is 1. The third-order valence-corrected chi connectivity index (χ3v) is 3.58. The SMILES string of the molecule is COCCNc1ncc(-c2cnn(C)c2C)s1. The molecule has 0 aromatic carbocycles. The van der Waals surface area contributed by atoms with Crippen LogP contribution in [0.1, 0.15) is 5.69 Å². The van der Waals surface area contributed by atoms with E-state index in [0.29, 0.717) is 6.61 Å². The summed E-state index contributed by atoms with van der Waals surface area (Å²) in [4.78, 5) is 5.46. The van der Waals surface area contributed by atoms with E-state index >= 15 is 0 Å². The second-order valence-electron chi connectivity index (χ2n) is 3.72. The van der Waals surface area contributed by atoms with Gasteiger partial charge in [0.05, 0.1) is 17.7 Å². The Kier molecular flexibility index (Phi) is 3.75. The largest absolute Gasteiger partial charge is 0.383 e. The zero-order valence-electron chi connectivity index (χ0n) is 10.2. The highest BCUT2D eigenvalue weighted by Crippen LogP contribution is 2.30. The maximum Gasteiger partial charge on any atom is 0.183 e. The second kappa shape index (κ2) is 5.29. The van der Waals surface area contributed by atoms with Gasteiger partial charge in [-0.05, 0) is 6.92 Å². The number of hydrogen-bond acceptors (Lipinski definition) is 5. The highest BCUT2D eigenvalue weighted by molar-refractivity contribution is 7.18. The van der Waals surface area contributed by atoms with Crippen molar-refractivity contribution >= 4 is 16.5 Å². The van der Waals surface area contributed by atoms with Crippen LogP contribution < -0.4 is 5.32 Å². The van der Waals surface area contributed by atoms with E-state index in [9.17, 15) is 0 Å². The van der Waals surface area contributed by atoms with Gasteiger partial charge in [-0.1, -0.05) is 11.3 Å². The molecular weight excluding hydrogens is 236 g/mol. The van der Waals surface area contributed by atoms with Crippen molar-refractivity contribution in [2.45, 2.75) is 6.92 Å². The molecule has 0 spiro atoms. The quantitative estimate of drug-likeness (QED) is 0.826. The lowest BCUT2D eigenvalue weighted by Gasteiger charge is -1.99. The first kappa shape index (κ1) is 12.1. The predicted molar refractivity (Wildman–Crippen MR) is 69.4 cm³/mol. The van der Waals surface area contributed by atoms with Crippen molar-refractivity contribution in [2.24, 2.45) is 7.05 Å². The Morgan fingerprint density at radius 1 is 1.47 bits per heavy atom. The van der Waals surface area contributed by atoms with Gasteiger partial charge in [0.15, 0.2) is 5.13 Å². The summed E-state index contributed by atoms with van der Waals surface area (Å²) in [5, 5.41) is 8.37. The Balaban J connectivity index is 2.10. The Bertz CT molecular complexity index is 491. The summed E-state index contributed by atoms with van der Waals surface area (Å²) < 4.78 is 6.85. The van der Waals surface area contributed by atoms with Crippen LogP contribution in [-0.2, 0) is 11.8 Å². The summed E-state index contributed by atoms with van der Waals surface area (Å²) in [6.07, 6.45) is 3.76. The van der Waals surface area contributed by atoms with E-state index in [1.54, 1.807) is 18.4 Å². The molecule has 0 atom stereocenters. The number of thiazole rings is 1. The number of anilines is 1. The Morgan fingerprint density at radius 2 is 2.29 bits per heavy atom. The second-order valence-corrected chi connectivity index (χ2v) is 4.75. The van der Waals surface area contributed by atoms with Gasteiger partial charge in [-0.15, -0.1) is 0 Å². The van der Waals surface area contributed by atoms with Crippen LogP contribution in [-0.4, -0.2) is 35.0 Å². The molecule has 0 aliphatic heterocycles. The number of methoxy groups -OCH3 is 1. The van der Waals surface area contributed by atoms with Crippen LogP contribution in [0, 0.1) is 6.92 Å². The van der Waals surface area contributed by atoms with E-state index in [-0.39, 0.29) is 0 Å². The third-order valence-electron chi connectivity index (χ3n) is 2.59. The van der Waals surface area contributed by atoms with Gasteiger partial charge in [0.25, 0.3) is 0 Å². The Hall–Kier alpha value is -1.40. The minimum atomic E-state index is 0.681. The number of nitrogens with one attached hydrogen (secondary N) is 1. The Labute approximate surface area is 104 Å². The molecule has 0 saturated carbocycles. The highest BCUT2D eigenvalue weighted by Gasteiger charge is 2.09. The van der Waals surface area contributed by atoms with Crippen LogP contribution in [0.3, 0.4) is 0 Å². The third kappa shape index (κ3) is 2.65. The number of hydrogen-bond donors (Lipinski definition) is 1. The fourth-order valence-electron chi connectivity index (χ4n) is 1.48. The topological polar surface area (TPSA) is 52.0 Å². The molecule has 0 aliphatic rings. The van der Waals surface area contributed by atoms with E-state index in [0.717, 1.165) is 27.8 Å². The zero-order chi connectivity index (χ0) is 12.3. The van der Waals surface area contributed by atoms with E-state index in [1.165, 1.54) is 0 Å². The van der Waals surface area contributed by atoms with Gasteiger partial charge in [-0.2, -0.15) is 5.10 Å². The molecule has 0 radical (unpaired) electrons. The maximum atomic E-state index is 4.98. The lowest BCUT2D eigenvalue weighted by Crippen LogP contribution is -2.06. The van der Waals surface area contributed by atoms with Crippen molar-refractivity contribution in [1.29, 1.82) is 0 Å². The lowest BCUT2D eigenvalue weighted by atomic mass is 10.2. The van der Waals surface area contributed by atoms with E-state index in [2.05, 4.69) is 22.3 Å². The average Bonchev–Trinajstić information content (AvgIpc) is 2.89. The van der Waals surface area contributed by atoms with E-state index < -0.39 is 0 Å². The lowest BCUT2D eigenvalue weighted by molar-refractivity contribution is 0.211.